The van der Waals surface area contributed by atoms with Crippen molar-refractivity contribution in [2.75, 3.05) is 19.4 Å². The van der Waals surface area contributed by atoms with E-state index in [1.54, 1.807) is 17.7 Å². The van der Waals surface area contributed by atoms with Gasteiger partial charge >= 0.3 is 0 Å². The van der Waals surface area contributed by atoms with Crippen molar-refractivity contribution in [1.29, 1.82) is 0 Å². The Morgan fingerprint density at radius 1 is 1.16 bits per heavy atom. The molecule has 1 aromatic carbocycles. The summed E-state index contributed by atoms with van der Waals surface area (Å²) >= 11 is 1.66. The van der Waals surface area contributed by atoms with Gasteiger partial charge in [0.2, 0.25) is 0 Å². The lowest BCUT2D eigenvalue weighted by Crippen LogP contribution is -2.36. The van der Waals surface area contributed by atoms with Crippen LogP contribution in [0.1, 0.15) is 31.2 Å². The summed E-state index contributed by atoms with van der Waals surface area (Å²) in [5.74, 6) is 0.908. The van der Waals surface area contributed by atoms with E-state index >= 15 is 0 Å². The molecule has 0 spiro atoms. The van der Waals surface area contributed by atoms with Gasteiger partial charge in [-0.25, -0.2) is 9.97 Å². The van der Waals surface area contributed by atoms with Crippen LogP contribution in [0.4, 0.5) is 5.82 Å². The number of benzene rings is 1. The van der Waals surface area contributed by atoms with Crippen molar-refractivity contribution in [3.63, 3.8) is 0 Å². The number of aromatic nitrogens is 2. The lowest BCUT2D eigenvalue weighted by atomic mass is 9.90. The van der Waals surface area contributed by atoms with Gasteiger partial charge in [0.25, 0.3) is 0 Å². The smallest absolute Gasteiger partial charge is 0.139 e. The van der Waals surface area contributed by atoms with E-state index in [4.69, 9.17) is 0 Å². The molecule has 0 bridgehead atoms. The van der Waals surface area contributed by atoms with Crippen molar-refractivity contribution in [1.82, 2.24) is 14.9 Å². The summed E-state index contributed by atoms with van der Waals surface area (Å²) in [7, 11) is 4.33. The minimum atomic E-state index is 0.0332. The minimum Gasteiger partial charge on any atom is -0.392 e. The molecule has 1 saturated carbocycles. The van der Waals surface area contributed by atoms with Crippen molar-refractivity contribution in [3.8, 4) is 0 Å². The molecule has 1 fully saturated rings. The molecule has 0 saturated heterocycles. The topological polar surface area (TPSA) is 61.3 Å². The van der Waals surface area contributed by atoms with E-state index in [0.717, 1.165) is 44.5 Å². The minimum absolute atomic E-state index is 0.0332. The van der Waals surface area contributed by atoms with Crippen LogP contribution in [0.25, 0.3) is 20.3 Å². The lowest BCUT2D eigenvalue weighted by molar-refractivity contribution is 0.221. The third kappa shape index (κ3) is 3.10. The van der Waals surface area contributed by atoms with Gasteiger partial charge in [0.1, 0.15) is 17.0 Å². The van der Waals surface area contributed by atoms with E-state index in [1.807, 2.05) is 12.1 Å². The molecule has 0 unspecified atom stereocenters. The summed E-state index contributed by atoms with van der Waals surface area (Å²) in [5, 5.41) is 15.6. The molecular weight excluding hydrogens is 332 g/mol. The molecule has 0 atom stereocenters. The Morgan fingerprint density at radius 3 is 2.68 bits per heavy atom. The van der Waals surface area contributed by atoms with Gasteiger partial charge in [-0.2, -0.15) is 0 Å². The number of fused-ring (bicyclic) bond motifs is 3. The number of anilines is 1. The average molecular weight is 356 g/mol. The lowest BCUT2D eigenvalue weighted by Gasteiger charge is -2.33. The van der Waals surface area contributed by atoms with Gasteiger partial charge in [-0.15, -0.1) is 11.3 Å². The number of thiophene rings is 1. The van der Waals surface area contributed by atoms with Crippen molar-refractivity contribution in [2.45, 2.75) is 44.4 Å². The first-order chi connectivity index (χ1) is 12.2. The maximum absolute atomic E-state index is 9.75. The number of aliphatic hydroxyl groups excluding tert-OH is 1. The molecule has 132 valence electrons. The third-order valence-electron chi connectivity index (χ3n) is 5.32. The maximum Gasteiger partial charge on any atom is 0.139 e. The number of nitrogens with one attached hydrogen (secondary N) is 1. The highest BCUT2D eigenvalue weighted by Crippen LogP contribution is 2.38. The second-order valence-corrected chi connectivity index (χ2v) is 8.10. The normalized spacial score (nSPS) is 21.3. The average Bonchev–Trinajstić information content (AvgIpc) is 3.01. The van der Waals surface area contributed by atoms with E-state index in [9.17, 15) is 5.11 Å². The van der Waals surface area contributed by atoms with E-state index in [-0.39, 0.29) is 6.61 Å². The SMILES string of the molecule is CN(C)C1CCC(Nc2ncnc3sc4cccc(CO)c4c23)CC1. The molecule has 0 aliphatic heterocycles. The van der Waals surface area contributed by atoms with E-state index in [2.05, 4.69) is 40.3 Å². The molecule has 3 aromatic rings. The predicted octanol–water partition coefficient (Wildman–Crippen LogP) is 3.62. The van der Waals surface area contributed by atoms with Gasteiger partial charge in [-0.05, 0) is 51.4 Å². The second kappa shape index (κ2) is 6.86. The zero-order valence-electron chi connectivity index (χ0n) is 14.7. The van der Waals surface area contributed by atoms with Crippen molar-refractivity contribution in [3.05, 3.63) is 30.1 Å². The fourth-order valence-corrected chi connectivity index (χ4v) is 4.98. The molecule has 5 nitrogen and oxygen atoms in total. The standard InChI is InChI=1S/C19H24N4OS/c1-23(2)14-8-6-13(7-9-14)22-18-17-16-12(10-24)4-3-5-15(16)25-19(17)21-11-20-18/h3-5,11,13-14,24H,6-10H2,1-2H3,(H,20,21,22). The number of hydrogen-bond acceptors (Lipinski definition) is 6. The van der Waals surface area contributed by atoms with Gasteiger partial charge in [0.05, 0.1) is 12.0 Å². The maximum atomic E-state index is 9.75. The molecule has 0 amide bonds. The predicted molar refractivity (Wildman–Crippen MR) is 104 cm³/mol. The van der Waals surface area contributed by atoms with Crippen molar-refractivity contribution >= 4 is 37.5 Å². The number of rotatable bonds is 4. The molecule has 2 N–H and O–H groups in total. The Kier molecular flexibility index (Phi) is 4.58. The molecule has 2 aromatic heterocycles. The Hall–Kier alpha value is -1.76. The largest absolute Gasteiger partial charge is 0.392 e. The zero-order valence-corrected chi connectivity index (χ0v) is 15.5. The second-order valence-electron chi connectivity index (χ2n) is 7.07. The molecule has 0 radical (unpaired) electrons. The van der Waals surface area contributed by atoms with Gasteiger partial charge in [0, 0.05) is 22.2 Å². The molecule has 2 heterocycles. The Balaban J connectivity index is 1.68. The van der Waals surface area contributed by atoms with Gasteiger partial charge in [0.15, 0.2) is 0 Å². The van der Waals surface area contributed by atoms with Gasteiger partial charge in [-0.3, -0.25) is 0 Å². The van der Waals surface area contributed by atoms with E-state index < -0.39 is 0 Å². The Bertz CT molecular complexity index is 884. The van der Waals surface area contributed by atoms with Crippen LogP contribution < -0.4 is 5.32 Å². The fraction of sp³-hybridized carbons (Fsp3) is 0.474. The number of hydrogen-bond donors (Lipinski definition) is 2. The summed E-state index contributed by atoms with van der Waals surface area (Å²) in [6, 6.07) is 7.20. The quantitative estimate of drug-likeness (QED) is 0.748. The van der Waals surface area contributed by atoms with Crippen LogP contribution in [0.5, 0.6) is 0 Å². The number of nitrogens with zero attached hydrogens (tertiary/aromatic N) is 3. The zero-order chi connectivity index (χ0) is 17.4. The van der Waals surface area contributed by atoms with Crippen LogP contribution in [0.15, 0.2) is 24.5 Å². The summed E-state index contributed by atoms with van der Waals surface area (Å²) < 4.78 is 1.15. The van der Waals surface area contributed by atoms with E-state index in [1.165, 1.54) is 12.8 Å². The van der Waals surface area contributed by atoms with Gasteiger partial charge in [-0.1, -0.05) is 12.1 Å². The Labute approximate surface area is 151 Å². The highest BCUT2D eigenvalue weighted by molar-refractivity contribution is 7.25. The van der Waals surface area contributed by atoms with Crippen LogP contribution in [-0.4, -0.2) is 46.2 Å². The monoisotopic (exact) mass is 356 g/mol. The van der Waals surface area contributed by atoms with Crippen LogP contribution in [0, 0.1) is 0 Å². The summed E-state index contributed by atoms with van der Waals surface area (Å²) in [6.45, 7) is 0.0332. The Morgan fingerprint density at radius 2 is 1.96 bits per heavy atom. The van der Waals surface area contributed by atoms with Crippen LogP contribution in [-0.2, 0) is 6.61 Å². The molecule has 1 aliphatic rings. The summed E-state index contributed by atoms with van der Waals surface area (Å²) in [4.78, 5) is 12.3. The van der Waals surface area contributed by atoms with Crippen molar-refractivity contribution in [2.24, 2.45) is 0 Å². The molecule has 1 aliphatic carbocycles. The molecular formula is C19H24N4OS. The van der Waals surface area contributed by atoms with E-state index in [0.29, 0.717) is 12.1 Å². The highest BCUT2D eigenvalue weighted by atomic mass is 32.1. The van der Waals surface area contributed by atoms with Crippen LogP contribution in [0.3, 0.4) is 0 Å². The molecule has 6 heteroatoms. The summed E-state index contributed by atoms with van der Waals surface area (Å²) in [6.07, 6.45) is 6.38. The van der Waals surface area contributed by atoms with Crippen LogP contribution in [0.2, 0.25) is 0 Å². The first-order valence-electron chi connectivity index (χ1n) is 8.86. The molecule has 25 heavy (non-hydrogen) atoms. The summed E-state index contributed by atoms with van der Waals surface area (Å²) in [5.41, 5.74) is 0.943. The highest BCUT2D eigenvalue weighted by Gasteiger charge is 2.24. The number of aliphatic hydroxyl groups is 1. The van der Waals surface area contributed by atoms with Gasteiger partial charge < -0.3 is 15.3 Å². The third-order valence-corrected chi connectivity index (χ3v) is 6.38. The first-order valence-corrected chi connectivity index (χ1v) is 9.68. The first kappa shape index (κ1) is 16.7. The van der Waals surface area contributed by atoms with Crippen molar-refractivity contribution < 1.29 is 5.11 Å². The molecule has 4 rings (SSSR count). The fourth-order valence-electron chi connectivity index (χ4n) is 3.89. The van der Waals surface area contributed by atoms with Crippen LogP contribution >= 0.6 is 11.3 Å².